The summed E-state index contributed by atoms with van der Waals surface area (Å²) in [6.07, 6.45) is 3.17. The monoisotopic (exact) mass is 207 g/mol. The summed E-state index contributed by atoms with van der Waals surface area (Å²) in [6.45, 7) is 4.78. The first-order valence-corrected chi connectivity index (χ1v) is 5.56. The van der Waals surface area contributed by atoms with E-state index in [9.17, 15) is 4.79 Å². The van der Waals surface area contributed by atoms with Gasteiger partial charge in [-0.15, -0.1) is 0 Å². The van der Waals surface area contributed by atoms with Gasteiger partial charge in [0.1, 0.15) is 0 Å². The van der Waals surface area contributed by atoms with Gasteiger partial charge in [0.2, 0.25) is 0 Å². The van der Waals surface area contributed by atoms with Crippen molar-refractivity contribution >= 4 is 5.91 Å². The Morgan fingerprint density at radius 2 is 2.47 bits per heavy atom. The maximum absolute atomic E-state index is 11.7. The van der Waals surface area contributed by atoms with Gasteiger partial charge >= 0.3 is 0 Å². The molecular weight excluding hydrogens is 190 g/mol. The summed E-state index contributed by atoms with van der Waals surface area (Å²) < 4.78 is 0. The van der Waals surface area contributed by atoms with Crippen LogP contribution in [0.5, 0.6) is 0 Å². The SMILES string of the molecule is CCNC(=O)c1n[nH]c2c1C[C@H](C)CC2. The lowest BCUT2D eigenvalue weighted by Gasteiger charge is -2.17. The molecule has 2 rings (SSSR count). The molecule has 82 valence electrons. The third-order valence-electron chi connectivity index (χ3n) is 2.94. The number of fused-ring (bicyclic) bond motifs is 1. The fourth-order valence-corrected chi connectivity index (χ4v) is 2.10. The number of aryl methyl sites for hydroxylation is 1. The van der Waals surface area contributed by atoms with Crippen LogP contribution < -0.4 is 5.32 Å². The molecule has 1 aliphatic carbocycles. The molecule has 0 radical (unpaired) electrons. The molecule has 0 aliphatic heterocycles. The van der Waals surface area contributed by atoms with Crippen molar-refractivity contribution in [3.8, 4) is 0 Å². The van der Waals surface area contributed by atoms with E-state index in [1.807, 2.05) is 6.92 Å². The second-order valence-corrected chi connectivity index (χ2v) is 4.24. The van der Waals surface area contributed by atoms with Crippen LogP contribution in [0.25, 0.3) is 0 Å². The highest BCUT2D eigenvalue weighted by molar-refractivity contribution is 5.94. The molecule has 0 saturated heterocycles. The molecule has 4 heteroatoms. The van der Waals surface area contributed by atoms with Crippen molar-refractivity contribution in [2.75, 3.05) is 6.54 Å². The van der Waals surface area contributed by atoms with Gasteiger partial charge in [-0.05, 0) is 32.1 Å². The summed E-state index contributed by atoms with van der Waals surface area (Å²) in [6, 6.07) is 0. The number of carbonyl (C=O) groups is 1. The molecule has 4 nitrogen and oxygen atoms in total. The highest BCUT2D eigenvalue weighted by Crippen LogP contribution is 2.25. The summed E-state index contributed by atoms with van der Waals surface area (Å²) in [5, 5.41) is 9.88. The normalized spacial score (nSPS) is 19.7. The van der Waals surface area contributed by atoms with Crippen LogP contribution >= 0.6 is 0 Å². The van der Waals surface area contributed by atoms with Crippen LogP contribution in [-0.4, -0.2) is 22.6 Å². The van der Waals surface area contributed by atoms with Crippen LogP contribution in [0.3, 0.4) is 0 Å². The average Bonchev–Trinajstić information content (AvgIpc) is 2.60. The Morgan fingerprint density at radius 3 is 3.20 bits per heavy atom. The van der Waals surface area contributed by atoms with Gasteiger partial charge in [-0.3, -0.25) is 9.89 Å². The van der Waals surface area contributed by atoms with Crippen molar-refractivity contribution in [1.29, 1.82) is 0 Å². The van der Waals surface area contributed by atoms with Crippen molar-refractivity contribution in [3.63, 3.8) is 0 Å². The smallest absolute Gasteiger partial charge is 0.272 e. The van der Waals surface area contributed by atoms with Crippen LogP contribution in [0.15, 0.2) is 0 Å². The molecule has 0 aromatic carbocycles. The van der Waals surface area contributed by atoms with Gasteiger partial charge in [-0.1, -0.05) is 6.92 Å². The molecule has 0 saturated carbocycles. The van der Waals surface area contributed by atoms with Crippen molar-refractivity contribution in [3.05, 3.63) is 17.0 Å². The fraction of sp³-hybridized carbons (Fsp3) is 0.636. The average molecular weight is 207 g/mol. The van der Waals surface area contributed by atoms with E-state index in [-0.39, 0.29) is 5.91 Å². The van der Waals surface area contributed by atoms with Crippen molar-refractivity contribution in [2.24, 2.45) is 5.92 Å². The minimum Gasteiger partial charge on any atom is -0.351 e. The Morgan fingerprint density at radius 1 is 1.67 bits per heavy atom. The molecule has 0 bridgehead atoms. The van der Waals surface area contributed by atoms with E-state index >= 15 is 0 Å². The van der Waals surface area contributed by atoms with E-state index in [0.717, 1.165) is 24.1 Å². The second kappa shape index (κ2) is 4.04. The summed E-state index contributed by atoms with van der Waals surface area (Å²) in [7, 11) is 0. The molecular formula is C11H17N3O. The summed E-state index contributed by atoms with van der Waals surface area (Å²) >= 11 is 0. The Labute approximate surface area is 89.5 Å². The van der Waals surface area contributed by atoms with E-state index in [1.54, 1.807) is 0 Å². The zero-order valence-electron chi connectivity index (χ0n) is 9.26. The van der Waals surface area contributed by atoms with Crippen LogP contribution in [0.4, 0.5) is 0 Å². The second-order valence-electron chi connectivity index (χ2n) is 4.24. The third-order valence-corrected chi connectivity index (χ3v) is 2.94. The zero-order chi connectivity index (χ0) is 10.8. The Kier molecular flexibility index (Phi) is 2.75. The molecule has 1 aromatic rings. The van der Waals surface area contributed by atoms with Gasteiger partial charge in [0.25, 0.3) is 5.91 Å². The van der Waals surface area contributed by atoms with E-state index in [2.05, 4.69) is 22.4 Å². The number of carbonyl (C=O) groups excluding carboxylic acids is 1. The number of aromatic nitrogens is 2. The predicted molar refractivity (Wildman–Crippen MR) is 57.8 cm³/mol. The van der Waals surface area contributed by atoms with Gasteiger partial charge in [0.15, 0.2) is 5.69 Å². The van der Waals surface area contributed by atoms with Crippen LogP contribution in [0, 0.1) is 5.92 Å². The van der Waals surface area contributed by atoms with Gasteiger partial charge in [0, 0.05) is 17.8 Å². The lowest BCUT2D eigenvalue weighted by molar-refractivity contribution is 0.0949. The quantitative estimate of drug-likeness (QED) is 0.767. The molecule has 0 unspecified atom stereocenters. The fourth-order valence-electron chi connectivity index (χ4n) is 2.10. The van der Waals surface area contributed by atoms with E-state index in [4.69, 9.17) is 0 Å². The maximum Gasteiger partial charge on any atom is 0.272 e. The van der Waals surface area contributed by atoms with Gasteiger partial charge < -0.3 is 5.32 Å². The lowest BCUT2D eigenvalue weighted by Crippen LogP contribution is -2.25. The minimum absolute atomic E-state index is 0.0518. The van der Waals surface area contributed by atoms with E-state index < -0.39 is 0 Å². The molecule has 15 heavy (non-hydrogen) atoms. The standard InChI is InChI=1S/C11H17N3O/c1-3-12-11(15)10-8-6-7(2)4-5-9(8)13-14-10/h7H,3-6H2,1-2H3,(H,12,15)(H,13,14)/t7-/m1/s1. The number of aromatic amines is 1. The number of hydrogen-bond acceptors (Lipinski definition) is 2. The van der Waals surface area contributed by atoms with Gasteiger partial charge in [-0.25, -0.2) is 0 Å². The van der Waals surface area contributed by atoms with Crippen LogP contribution in [-0.2, 0) is 12.8 Å². The zero-order valence-corrected chi connectivity index (χ0v) is 9.26. The van der Waals surface area contributed by atoms with Gasteiger partial charge in [-0.2, -0.15) is 5.10 Å². The molecule has 0 spiro atoms. The number of nitrogens with zero attached hydrogens (tertiary/aromatic N) is 1. The summed E-state index contributed by atoms with van der Waals surface area (Å²) in [4.78, 5) is 11.7. The van der Waals surface area contributed by atoms with Crippen molar-refractivity contribution < 1.29 is 4.79 Å². The Bertz CT molecular complexity index is 370. The topological polar surface area (TPSA) is 57.8 Å². The van der Waals surface area contributed by atoms with E-state index in [1.165, 1.54) is 6.42 Å². The number of amides is 1. The number of nitrogens with one attached hydrogen (secondary N) is 2. The predicted octanol–water partition coefficient (Wildman–Crippen LogP) is 1.28. The van der Waals surface area contributed by atoms with Gasteiger partial charge in [0.05, 0.1) is 0 Å². The lowest BCUT2D eigenvalue weighted by atomic mass is 9.88. The number of rotatable bonds is 2. The van der Waals surface area contributed by atoms with Crippen LogP contribution in [0.1, 0.15) is 42.0 Å². The highest BCUT2D eigenvalue weighted by atomic mass is 16.1. The summed E-state index contributed by atoms with van der Waals surface area (Å²) in [5.41, 5.74) is 2.87. The first-order chi connectivity index (χ1) is 7.22. The molecule has 1 amide bonds. The maximum atomic E-state index is 11.7. The molecule has 2 N–H and O–H groups in total. The number of H-pyrrole nitrogens is 1. The van der Waals surface area contributed by atoms with Crippen molar-refractivity contribution in [2.45, 2.75) is 33.1 Å². The third kappa shape index (κ3) is 1.89. The Hall–Kier alpha value is -1.32. The molecule has 1 heterocycles. The van der Waals surface area contributed by atoms with E-state index in [0.29, 0.717) is 18.2 Å². The molecule has 1 atom stereocenters. The highest BCUT2D eigenvalue weighted by Gasteiger charge is 2.24. The first-order valence-electron chi connectivity index (χ1n) is 5.56. The Balaban J connectivity index is 2.26. The van der Waals surface area contributed by atoms with Crippen molar-refractivity contribution in [1.82, 2.24) is 15.5 Å². The first kappa shape index (κ1) is 10.2. The minimum atomic E-state index is -0.0518. The number of hydrogen-bond donors (Lipinski definition) is 2. The van der Waals surface area contributed by atoms with Crippen LogP contribution in [0.2, 0.25) is 0 Å². The molecule has 1 aliphatic rings. The molecule has 1 aromatic heterocycles. The molecule has 0 fully saturated rings. The summed E-state index contributed by atoms with van der Waals surface area (Å²) in [5.74, 6) is 0.604. The largest absolute Gasteiger partial charge is 0.351 e.